The number of carbonyl (C=O) groups is 1. The SMILES string of the molecule is O=C(Nc1ccc2ccccc2c1)c1ccc(N2CCC[C@H](O)C2)c([N+](=O)[O-])c1. The van der Waals surface area contributed by atoms with Gasteiger partial charge in [0.1, 0.15) is 5.69 Å². The van der Waals surface area contributed by atoms with Crippen molar-refractivity contribution < 1.29 is 14.8 Å². The second-order valence-electron chi connectivity index (χ2n) is 7.22. The molecule has 1 heterocycles. The van der Waals surface area contributed by atoms with Crippen LogP contribution in [0.5, 0.6) is 0 Å². The lowest BCUT2D eigenvalue weighted by molar-refractivity contribution is -0.384. The van der Waals surface area contributed by atoms with Crippen molar-refractivity contribution >= 4 is 33.7 Å². The summed E-state index contributed by atoms with van der Waals surface area (Å²) in [5.74, 6) is -0.409. The molecule has 1 aliphatic rings. The number of aliphatic hydroxyl groups excluding tert-OH is 1. The summed E-state index contributed by atoms with van der Waals surface area (Å²) in [4.78, 5) is 25.6. The number of anilines is 2. The largest absolute Gasteiger partial charge is 0.391 e. The summed E-state index contributed by atoms with van der Waals surface area (Å²) in [6.45, 7) is 0.990. The van der Waals surface area contributed by atoms with E-state index in [9.17, 15) is 20.0 Å². The van der Waals surface area contributed by atoms with Gasteiger partial charge in [-0.1, -0.05) is 30.3 Å². The number of β-amino-alcohol motifs (C(OH)–C–C–N with tert-alkyl or cyclic N) is 1. The lowest BCUT2D eigenvalue weighted by Gasteiger charge is -2.31. The van der Waals surface area contributed by atoms with Crippen LogP contribution in [0, 0.1) is 10.1 Å². The molecule has 0 saturated carbocycles. The van der Waals surface area contributed by atoms with Crippen LogP contribution >= 0.6 is 0 Å². The number of fused-ring (bicyclic) bond motifs is 1. The fourth-order valence-corrected chi connectivity index (χ4v) is 3.72. The molecular formula is C22H21N3O4. The second kappa shape index (κ2) is 7.89. The van der Waals surface area contributed by atoms with Crippen molar-refractivity contribution in [2.45, 2.75) is 18.9 Å². The van der Waals surface area contributed by atoms with E-state index >= 15 is 0 Å². The van der Waals surface area contributed by atoms with Gasteiger partial charge >= 0.3 is 0 Å². The van der Waals surface area contributed by atoms with Gasteiger partial charge in [0.15, 0.2) is 0 Å². The Labute approximate surface area is 167 Å². The van der Waals surface area contributed by atoms with Crippen molar-refractivity contribution in [2.75, 3.05) is 23.3 Å². The molecule has 29 heavy (non-hydrogen) atoms. The second-order valence-corrected chi connectivity index (χ2v) is 7.22. The first-order valence-corrected chi connectivity index (χ1v) is 9.53. The van der Waals surface area contributed by atoms with E-state index in [1.54, 1.807) is 23.1 Å². The van der Waals surface area contributed by atoms with Crippen LogP contribution in [0.4, 0.5) is 17.1 Å². The summed E-state index contributed by atoms with van der Waals surface area (Å²) in [6, 6.07) is 17.9. The standard InChI is InChI=1S/C22H21N3O4/c26-19-6-3-11-24(14-19)20-10-8-17(13-21(20)25(28)29)22(27)23-18-9-7-15-4-1-2-5-16(15)12-18/h1-2,4-5,7-10,12-13,19,26H,3,6,11,14H2,(H,23,27)/t19-/m0/s1. The van der Waals surface area contributed by atoms with Gasteiger partial charge in [-0.3, -0.25) is 14.9 Å². The van der Waals surface area contributed by atoms with Crippen LogP contribution in [0.2, 0.25) is 0 Å². The fourth-order valence-electron chi connectivity index (χ4n) is 3.72. The molecule has 0 aromatic heterocycles. The summed E-state index contributed by atoms with van der Waals surface area (Å²) >= 11 is 0. The van der Waals surface area contributed by atoms with Crippen molar-refractivity contribution in [3.05, 3.63) is 76.3 Å². The Morgan fingerprint density at radius 1 is 1.10 bits per heavy atom. The number of rotatable bonds is 4. The average molecular weight is 391 g/mol. The van der Waals surface area contributed by atoms with E-state index < -0.39 is 16.9 Å². The minimum atomic E-state index is -0.501. The van der Waals surface area contributed by atoms with Crippen LogP contribution in [-0.4, -0.2) is 35.1 Å². The first-order chi connectivity index (χ1) is 14.0. The normalized spacial score (nSPS) is 16.6. The minimum absolute atomic E-state index is 0.134. The number of nitrogens with zero attached hydrogens (tertiary/aromatic N) is 2. The van der Waals surface area contributed by atoms with Gasteiger partial charge < -0.3 is 15.3 Å². The zero-order chi connectivity index (χ0) is 20.4. The van der Waals surface area contributed by atoms with E-state index in [0.29, 0.717) is 30.9 Å². The predicted octanol–water partition coefficient (Wildman–Crippen LogP) is 3.96. The molecule has 1 fully saturated rings. The van der Waals surface area contributed by atoms with Gasteiger partial charge in [0.2, 0.25) is 0 Å². The van der Waals surface area contributed by atoms with Crippen molar-refractivity contribution in [3.63, 3.8) is 0 Å². The molecule has 148 valence electrons. The first-order valence-electron chi connectivity index (χ1n) is 9.53. The molecular weight excluding hydrogens is 370 g/mol. The van der Waals surface area contributed by atoms with Crippen molar-refractivity contribution in [2.24, 2.45) is 0 Å². The zero-order valence-corrected chi connectivity index (χ0v) is 15.7. The summed E-state index contributed by atoms with van der Waals surface area (Å²) in [5.41, 5.74) is 1.13. The molecule has 0 bridgehead atoms. The summed E-state index contributed by atoms with van der Waals surface area (Å²) in [6.07, 6.45) is 0.957. The molecule has 1 saturated heterocycles. The lowest BCUT2D eigenvalue weighted by atomic mass is 10.1. The average Bonchev–Trinajstić information content (AvgIpc) is 2.73. The van der Waals surface area contributed by atoms with E-state index in [2.05, 4.69) is 5.32 Å². The third kappa shape index (κ3) is 4.05. The van der Waals surface area contributed by atoms with E-state index in [1.165, 1.54) is 6.07 Å². The Balaban J connectivity index is 1.59. The number of hydrogen-bond acceptors (Lipinski definition) is 5. The van der Waals surface area contributed by atoms with Crippen LogP contribution < -0.4 is 10.2 Å². The highest BCUT2D eigenvalue weighted by Crippen LogP contribution is 2.31. The number of amides is 1. The number of piperidine rings is 1. The number of nitro groups is 1. The van der Waals surface area contributed by atoms with Crippen molar-refractivity contribution in [1.29, 1.82) is 0 Å². The van der Waals surface area contributed by atoms with E-state index in [0.717, 1.165) is 17.2 Å². The lowest BCUT2D eigenvalue weighted by Crippen LogP contribution is -2.38. The molecule has 3 aromatic rings. The summed E-state index contributed by atoms with van der Waals surface area (Å²) in [7, 11) is 0. The highest BCUT2D eigenvalue weighted by Gasteiger charge is 2.25. The first kappa shape index (κ1) is 18.9. The molecule has 0 aliphatic carbocycles. The van der Waals surface area contributed by atoms with Crippen molar-refractivity contribution in [1.82, 2.24) is 0 Å². The number of hydrogen-bond donors (Lipinski definition) is 2. The molecule has 1 aliphatic heterocycles. The maximum atomic E-state index is 12.7. The van der Waals surface area contributed by atoms with Crippen LogP contribution in [0.15, 0.2) is 60.7 Å². The third-order valence-corrected chi connectivity index (χ3v) is 5.18. The number of nitrogens with one attached hydrogen (secondary N) is 1. The van der Waals surface area contributed by atoms with Gasteiger partial charge in [-0.15, -0.1) is 0 Å². The Morgan fingerprint density at radius 2 is 1.90 bits per heavy atom. The van der Waals surface area contributed by atoms with Crippen molar-refractivity contribution in [3.8, 4) is 0 Å². The smallest absolute Gasteiger partial charge is 0.293 e. The van der Waals surface area contributed by atoms with Gasteiger partial charge in [0, 0.05) is 30.4 Å². The number of carbonyl (C=O) groups excluding carboxylic acids is 1. The fraction of sp³-hybridized carbons (Fsp3) is 0.227. The van der Waals surface area contributed by atoms with E-state index in [4.69, 9.17) is 0 Å². The van der Waals surface area contributed by atoms with Gasteiger partial charge in [-0.05, 0) is 47.9 Å². The summed E-state index contributed by atoms with van der Waals surface area (Å²) in [5, 5.41) is 26.4. The molecule has 4 rings (SSSR count). The molecule has 2 N–H and O–H groups in total. The number of nitro benzene ring substituents is 1. The van der Waals surface area contributed by atoms with Gasteiger partial charge in [0.05, 0.1) is 11.0 Å². The molecule has 7 nitrogen and oxygen atoms in total. The zero-order valence-electron chi connectivity index (χ0n) is 15.7. The maximum absolute atomic E-state index is 12.7. The van der Waals surface area contributed by atoms with Gasteiger partial charge in [-0.2, -0.15) is 0 Å². The molecule has 7 heteroatoms. The van der Waals surface area contributed by atoms with E-state index in [-0.39, 0.29) is 11.3 Å². The third-order valence-electron chi connectivity index (χ3n) is 5.18. The van der Waals surface area contributed by atoms with Gasteiger partial charge in [-0.25, -0.2) is 0 Å². The molecule has 1 amide bonds. The Hall–Kier alpha value is -3.45. The number of benzene rings is 3. The Morgan fingerprint density at radius 3 is 2.66 bits per heavy atom. The monoisotopic (exact) mass is 391 g/mol. The minimum Gasteiger partial charge on any atom is -0.391 e. The quantitative estimate of drug-likeness (QED) is 0.518. The highest BCUT2D eigenvalue weighted by molar-refractivity contribution is 6.06. The van der Waals surface area contributed by atoms with Crippen LogP contribution in [0.1, 0.15) is 23.2 Å². The van der Waals surface area contributed by atoms with Crippen LogP contribution in [0.25, 0.3) is 10.8 Å². The van der Waals surface area contributed by atoms with E-state index in [1.807, 2.05) is 36.4 Å². The summed E-state index contributed by atoms with van der Waals surface area (Å²) < 4.78 is 0. The highest BCUT2D eigenvalue weighted by atomic mass is 16.6. The molecule has 3 aromatic carbocycles. The topological polar surface area (TPSA) is 95.7 Å². The molecule has 0 radical (unpaired) electrons. The maximum Gasteiger partial charge on any atom is 0.293 e. The molecule has 0 unspecified atom stereocenters. The Bertz CT molecular complexity index is 1080. The van der Waals surface area contributed by atoms with Gasteiger partial charge in [0.25, 0.3) is 11.6 Å². The number of aliphatic hydroxyl groups is 1. The molecule has 0 spiro atoms. The molecule has 1 atom stereocenters. The predicted molar refractivity (Wildman–Crippen MR) is 112 cm³/mol. The van der Waals surface area contributed by atoms with Crippen LogP contribution in [0.3, 0.4) is 0 Å². The van der Waals surface area contributed by atoms with Crippen LogP contribution in [-0.2, 0) is 0 Å². The Kier molecular flexibility index (Phi) is 5.14.